The minimum absolute atomic E-state index is 0.157. The molecule has 0 bridgehead atoms. The lowest BCUT2D eigenvalue weighted by molar-refractivity contribution is 0.283. The van der Waals surface area contributed by atoms with Crippen molar-refractivity contribution < 1.29 is 0 Å². The summed E-state index contributed by atoms with van der Waals surface area (Å²) < 4.78 is 0. The first-order valence-electron chi connectivity index (χ1n) is 6.34. The Hall–Kier alpha value is -0.550. The fourth-order valence-corrected chi connectivity index (χ4v) is 1.37. The van der Waals surface area contributed by atoms with Gasteiger partial charge in [0.05, 0.1) is 11.5 Å². The largest absolute Gasteiger partial charge is 0.314 e. The zero-order chi connectivity index (χ0) is 12.8. The molecule has 2 heteroatoms. The van der Waals surface area contributed by atoms with Gasteiger partial charge in [0.15, 0.2) is 0 Å². The molecule has 0 radical (unpaired) electrons. The summed E-state index contributed by atoms with van der Waals surface area (Å²) in [6.45, 7) is 14.1. The van der Waals surface area contributed by atoms with Crippen molar-refractivity contribution in [3.8, 4) is 6.07 Å². The first kappa shape index (κ1) is 15.4. The molecule has 0 aromatic heterocycles. The van der Waals surface area contributed by atoms with Crippen molar-refractivity contribution in [1.29, 1.82) is 5.26 Å². The second-order valence-corrected chi connectivity index (χ2v) is 6.49. The second kappa shape index (κ2) is 6.25. The summed E-state index contributed by atoms with van der Waals surface area (Å²) in [6.07, 6.45) is 3.28. The summed E-state index contributed by atoms with van der Waals surface area (Å²) in [5.74, 6) is 0. The van der Waals surface area contributed by atoms with E-state index in [1.165, 1.54) is 0 Å². The topological polar surface area (TPSA) is 35.8 Å². The van der Waals surface area contributed by atoms with Crippen molar-refractivity contribution in [2.45, 2.75) is 66.8 Å². The molecule has 0 amide bonds. The molecule has 0 saturated heterocycles. The standard InChI is InChI=1S/C14H28N2/c1-12(13(2,3)4)16-10-8-7-9-14(5,6)11-15/h12,16H,7-10H2,1-6H3. The monoisotopic (exact) mass is 224 g/mol. The Morgan fingerprint density at radius 3 is 2.12 bits per heavy atom. The molecule has 0 rings (SSSR count). The van der Waals surface area contributed by atoms with E-state index in [0.29, 0.717) is 11.5 Å². The van der Waals surface area contributed by atoms with Crippen LogP contribution in [0.1, 0.15) is 60.8 Å². The Morgan fingerprint density at radius 1 is 1.12 bits per heavy atom. The molecular weight excluding hydrogens is 196 g/mol. The minimum atomic E-state index is -0.157. The van der Waals surface area contributed by atoms with Crippen LogP contribution in [0, 0.1) is 22.2 Å². The third-order valence-electron chi connectivity index (χ3n) is 3.28. The molecule has 0 heterocycles. The Labute approximate surface area is 101 Å². The number of nitrogens with one attached hydrogen (secondary N) is 1. The van der Waals surface area contributed by atoms with Crippen LogP contribution < -0.4 is 5.32 Å². The quantitative estimate of drug-likeness (QED) is 0.698. The van der Waals surface area contributed by atoms with E-state index >= 15 is 0 Å². The summed E-state index contributed by atoms with van der Waals surface area (Å²) >= 11 is 0. The molecule has 0 saturated carbocycles. The van der Waals surface area contributed by atoms with E-state index in [1.807, 2.05) is 13.8 Å². The lowest BCUT2D eigenvalue weighted by Crippen LogP contribution is -2.38. The molecule has 1 unspecified atom stereocenters. The van der Waals surface area contributed by atoms with Gasteiger partial charge in [-0.05, 0) is 45.6 Å². The summed E-state index contributed by atoms with van der Waals surface area (Å²) in [4.78, 5) is 0. The molecule has 0 fully saturated rings. The van der Waals surface area contributed by atoms with Crippen LogP contribution in [0.25, 0.3) is 0 Å². The van der Waals surface area contributed by atoms with Crippen molar-refractivity contribution in [2.75, 3.05) is 6.54 Å². The van der Waals surface area contributed by atoms with Crippen molar-refractivity contribution in [3.05, 3.63) is 0 Å². The summed E-state index contributed by atoms with van der Waals surface area (Å²) in [6, 6.07) is 2.88. The molecule has 94 valence electrons. The molecule has 1 N–H and O–H groups in total. The molecule has 0 aliphatic carbocycles. The number of rotatable bonds is 6. The Kier molecular flexibility index (Phi) is 6.04. The van der Waals surface area contributed by atoms with E-state index in [9.17, 15) is 0 Å². The van der Waals surface area contributed by atoms with Gasteiger partial charge in [0.2, 0.25) is 0 Å². The first-order chi connectivity index (χ1) is 7.19. The number of unbranched alkanes of at least 4 members (excludes halogenated alkanes) is 1. The highest BCUT2D eigenvalue weighted by atomic mass is 14.9. The molecule has 0 aromatic carbocycles. The second-order valence-electron chi connectivity index (χ2n) is 6.49. The minimum Gasteiger partial charge on any atom is -0.314 e. The highest BCUT2D eigenvalue weighted by molar-refractivity contribution is 4.91. The van der Waals surface area contributed by atoms with Gasteiger partial charge in [-0.1, -0.05) is 27.2 Å². The van der Waals surface area contributed by atoms with Gasteiger partial charge < -0.3 is 5.32 Å². The number of hydrogen-bond donors (Lipinski definition) is 1. The summed E-state index contributed by atoms with van der Waals surface area (Å²) in [7, 11) is 0. The van der Waals surface area contributed by atoms with E-state index in [1.54, 1.807) is 0 Å². The molecule has 0 aromatic rings. The van der Waals surface area contributed by atoms with Gasteiger partial charge in [-0.25, -0.2) is 0 Å². The van der Waals surface area contributed by atoms with Gasteiger partial charge in [-0.3, -0.25) is 0 Å². The van der Waals surface area contributed by atoms with Gasteiger partial charge in [0.1, 0.15) is 0 Å². The van der Waals surface area contributed by atoms with E-state index in [4.69, 9.17) is 5.26 Å². The van der Waals surface area contributed by atoms with Crippen LogP contribution in [0.4, 0.5) is 0 Å². The zero-order valence-electron chi connectivity index (χ0n) is 11.9. The lowest BCUT2D eigenvalue weighted by Gasteiger charge is -2.28. The molecule has 16 heavy (non-hydrogen) atoms. The van der Waals surface area contributed by atoms with Crippen LogP contribution in [0.2, 0.25) is 0 Å². The third kappa shape index (κ3) is 6.85. The zero-order valence-corrected chi connectivity index (χ0v) is 11.9. The number of hydrogen-bond acceptors (Lipinski definition) is 2. The highest BCUT2D eigenvalue weighted by Gasteiger charge is 2.19. The molecule has 0 aliphatic rings. The highest BCUT2D eigenvalue weighted by Crippen LogP contribution is 2.22. The van der Waals surface area contributed by atoms with E-state index in [0.717, 1.165) is 25.8 Å². The Morgan fingerprint density at radius 2 is 1.69 bits per heavy atom. The molecule has 0 spiro atoms. The van der Waals surface area contributed by atoms with Gasteiger partial charge in [0.25, 0.3) is 0 Å². The third-order valence-corrected chi connectivity index (χ3v) is 3.28. The number of nitrogens with zero attached hydrogens (tertiary/aromatic N) is 1. The maximum Gasteiger partial charge on any atom is 0.0683 e. The molecular formula is C14H28N2. The van der Waals surface area contributed by atoms with E-state index < -0.39 is 0 Å². The SMILES string of the molecule is CC(NCCCCC(C)(C)C#N)C(C)(C)C. The van der Waals surface area contributed by atoms with Crippen LogP contribution in [0.5, 0.6) is 0 Å². The van der Waals surface area contributed by atoms with Crippen LogP contribution in [-0.4, -0.2) is 12.6 Å². The van der Waals surface area contributed by atoms with E-state index in [-0.39, 0.29) is 5.41 Å². The van der Waals surface area contributed by atoms with Crippen molar-refractivity contribution in [1.82, 2.24) is 5.32 Å². The van der Waals surface area contributed by atoms with Crippen molar-refractivity contribution >= 4 is 0 Å². The molecule has 2 nitrogen and oxygen atoms in total. The smallest absolute Gasteiger partial charge is 0.0683 e. The van der Waals surface area contributed by atoms with Gasteiger partial charge in [-0.15, -0.1) is 0 Å². The Bertz CT molecular complexity index is 230. The summed E-state index contributed by atoms with van der Waals surface area (Å²) in [5.41, 5.74) is 0.168. The average Bonchev–Trinajstić information content (AvgIpc) is 2.15. The normalized spacial score (nSPS) is 14.6. The van der Waals surface area contributed by atoms with Crippen LogP contribution in [0.3, 0.4) is 0 Å². The number of nitriles is 1. The van der Waals surface area contributed by atoms with Crippen LogP contribution >= 0.6 is 0 Å². The van der Waals surface area contributed by atoms with Gasteiger partial charge >= 0.3 is 0 Å². The molecule has 1 atom stereocenters. The average molecular weight is 224 g/mol. The van der Waals surface area contributed by atoms with Crippen LogP contribution in [0.15, 0.2) is 0 Å². The van der Waals surface area contributed by atoms with E-state index in [2.05, 4.69) is 39.1 Å². The summed E-state index contributed by atoms with van der Waals surface area (Å²) in [5, 5.41) is 12.4. The predicted octanol–water partition coefficient (Wildman–Crippen LogP) is 3.73. The fourth-order valence-electron chi connectivity index (χ4n) is 1.37. The lowest BCUT2D eigenvalue weighted by atomic mass is 9.87. The van der Waals surface area contributed by atoms with Crippen LogP contribution in [-0.2, 0) is 0 Å². The Balaban J connectivity index is 3.60. The van der Waals surface area contributed by atoms with Crippen molar-refractivity contribution in [3.63, 3.8) is 0 Å². The van der Waals surface area contributed by atoms with Gasteiger partial charge in [-0.2, -0.15) is 5.26 Å². The molecule has 0 aliphatic heterocycles. The fraction of sp³-hybridized carbons (Fsp3) is 0.929. The maximum absolute atomic E-state index is 8.88. The predicted molar refractivity (Wildman–Crippen MR) is 70.2 cm³/mol. The maximum atomic E-state index is 8.88. The first-order valence-corrected chi connectivity index (χ1v) is 6.34. The van der Waals surface area contributed by atoms with Gasteiger partial charge in [0, 0.05) is 6.04 Å². The van der Waals surface area contributed by atoms with Crippen molar-refractivity contribution in [2.24, 2.45) is 10.8 Å².